The highest BCUT2D eigenvalue weighted by Crippen LogP contribution is 2.23. The first-order valence-corrected chi connectivity index (χ1v) is 11.6. The van der Waals surface area contributed by atoms with Crippen molar-refractivity contribution in [3.05, 3.63) is 36.0 Å². The van der Waals surface area contributed by atoms with E-state index in [0.29, 0.717) is 18.8 Å². The zero-order chi connectivity index (χ0) is 22.4. The van der Waals surface area contributed by atoms with Gasteiger partial charge >= 0.3 is 11.9 Å². The van der Waals surface area contributed by atoms with Crippen LogP contribution in [-0.4, -0.2) is 43.5 Å². The van der Waals surface area contributed by atoms with E-state index in [0.717, 1.165) is 25.7 Å². The zero-order valence-electron chi connectivity index (χ0n) is 17.9. The van der Waals surface area contributed by atoms with Crippen LogP contribution in [0.4, 0.5) is 5.69 Å². The molecule has 0 aliphatic carbocycles. The summed E-state index contributed by atoms with van der Waals surface area (Å²) in [6, 6.07) is 6.15. The van der Waals surface area contributed by atoms with Crippen molar-refractivity contribution in [2.45, 2.75) is 64.1 Å². The Bertz CT molecular complexity index is 861. The van der Waals surface area contributed by atoms with Gasteiger partial charge in [0.05, 0.1) is 4.90 Å². The number of hydrogen-bond donors (Lipinski definition) is 1. The van der Waals surface area contributed by atoms with Gasteiger partial charge in [-0.1, -0.05) is 26.7 Å². The van der Waals surface area contributed by atoms with Crippen molar-refractivity contribution in [2.75, 3.05) is 18.4 Å². The summed E-state index contributed by atoms with van der Waals surface area (Å²) in [6.45, 7) is 7.97. The molecule has 1 aliphatic heterocycles. The van der Waals surface area contributed by atoms with Crippen LogP contribution < -0.4 is 5.32 Å². The van der Waals surface area contributed by atoms with E-state index in [1.165, 1.54) is 36.5 Å². The largest absolute Gasteiger partial charge is 0.419 e. The molecule has 0 amide bonds. The summed E-state index contributed by atoms with van der Waals surface area (Å²) in [6.07, 6.45) is 4.63. The molecular weight excluding hydrogens is 408 g/mol. The standard InChI is InChI=1S/C21H30N2O6S/c1-5-7-13-23(14-8-6-2)30(26,27)17-11-9-16(10-12-17)22-15-18-19(24)28-21(3,4)29-20(18)25/h9-12,15,22H,5-8,13-14H2,1-4H3. The Morgan fingerprint density at radius 3 is 1.93 bits per heavy atom. The number of cyclic esters (lactones) is 2. The number of nitrogens with zero attached hydrogens (tertiary/aromatic N) is 1. The molecule has 166 valence electrons. The summed E-state index contributed by atoms with van der Waals surface area (Å²) in [4.78, 5) is 24.1. The van der Waals surface area contributed by atoms with E-state index in [2.05, 4.69) is 5.32 Å². The van der Waals surface area contributed by atoms with Crippen LogP contribution in [0.3, 0.4) is 0 Å². The van der Waals surface area contributed by atoms with Crippen LogP contribution in [0, 0.1) is 0 Å². The van der Waals surface area contributed by atoms with Gasteiger partial charge in [-0.15, -0.1) is 0 Å². The van der Waals surface area contributed by atoms with Gasteiger partial charge in [0.25, 0.3) is 5.79 Å². The van der Waals surface area contributed by atoms with E-state index in [9.17, 15) is 18.0 Å². The highest BCUT2D eigenvalue weighted by atomic mass is 32.2. The Kier molecular flexibility index (Phi) is 8.03. The van der Waals surface area contributed by atoms with Crippen molar-refractivity contribution in [1.29, 1.82) is 0 Å². The molecule has 8 nitrogen and oxygen atoms in total. The van der Waals surface area contributed by atoms with Gasteiger partial charge in [-0.05, 0) is 37.1 Å². The molecule has 1 aromatic rings. The SMILES string of the molecule is CCCCN(CCCC)S(=O)(=O)c1ccc(NC=C2C(=O)OC(C)(C)OC2=O)cc1. The van der Waals surface area contributed by atoms with Gasteiger partial charge in [0.1, 0.15) is 0 Å². The average Bonchev–Trinajstić information content (AvgIpc) is 2.66. The van der Waals surface area contributed by atoms with Gasteiger partial charge in [0.2, 0.25) is 10.0 Å². The van der Waals surface area contributed by atoms with Crippen LogP contribution in [0.2, 0.25) is 0 Å². The third-order valence-electron chi connectivity index (χ3n) is 4.51. The number of nitrogens with one attached hydrogen (secondary N) is 1. The molecule has 1 aliphatic rings. The maximum atomic E-state index is 13.0. The van der Waals surface area contributed by atoms with E-state index in [1.54, 1.807) is 12.1 Å². The van der Waals surface area contributed by atoms with Gasteiger partial charge in [-0.25, -0.2) is 18.0 Å². The maximum absolute atomic E-state index is 13.0. The van der Waals surface area contributed by atoms with Gasteiger partial charge in [-0.3, -0.25) is 0 Å². The molecule has 1 N–H and O–H groups in total. The molecule has 0 bridgehead atoms. The summed E-state index contributed by atoms with van der Waals surface area (Å²) in [5.41, 5.74) is 0.247. The fraction of sp³-hybridized carbons (Fsp3) is 0.524. The molecule has 9 heteroatoms. The highest BCUT2D eigenvalue weighted by molar-refractivity contribution is 7.89. The minimum atomic E-state index is -3.59. The second kappa shape index (κ2) is 10.1. The van der Waals surface area contributed by atoms with E-state index in [4.69, 9.17) is 9.47 Å². The lowest BCUT2D eigenvalue weighted by atomic mass is 10.2. The van der Waals surface area contributed by atoms with E-state index >= 15 is 0 Å². The van der Waals surface area contributed by atoms with Gasteiger partial charge < -0.3 is 14.8 Å². The summed E-state index contributed by atoms with van der Waals surface area (Å²) in [5.74, 6) is -2.88. The number of rotatable bonds is 10. The zero-order valence-corrected chi connectivity index (χ0v) is 18.8. The van der Waals surface area contributed by atoms with Crippen LogP contribution in [0.15, 0.2) is 40.9 Å². The number of anilines is 1. The first-order valence-electron chi connectivity index (χ1n) is 10.1. The molecule has 1 aromatic carbocycles. The van der Waals surface area contributed by atoms with Crippen molar-refractivity contribution in [2.24, 2.45) is 0 Å². The molecule has 2 rings (SSSR count). The van der Waals surface area contributed by atoms with Crippen LogP contribution >= 0.6 is 0 Å². The number of ether oxygens (including phenoxy) is 2. The highest BCUT2D eigenvalue weighted by Gasteiger charge is 2.38. The van der Waals surface area contributed by atoms with Crippen molar-refractivity contribution < 1.29 is 27.5 Å². The third kappa shape index (κ3) is 6.06. The molecule has 0 aromatic heterocycles. The molecule has 0 atom stereocenters. The Morgan fingerprint density at radius 1 is 0.967 bits per heavy atom. The lowest BCUT2D eigenvalue weighted by molar-refractivity contribution is -0.222. The molecule has 30 heavy (non-hydrogen) atoms. The number of carbonyl (C=O) groups is 2. The first kappa shape index (κ1) is 23.9. The predicted molar refractivity (Wildman–Crippen MR) is 113 cm³/mol. The smallest absolute Gasteiger partial charge is 0.350 e. The number of carbonyl (C=O) groups excluding carboxylic acids is 2. The first-order chi connectivity index (χ1) is 14.1. The lowest BCUT2D eigenvalue weighted by Gasteiger charge is -2.29. The molecule has 0 saturated carbocycles. The number of unbranched alkanes of at least 4 members (excludes halogenated alkanes) is 2. The van der Waals surface area contributed by atoms with Gasteiger partial charge in [0.15, 0.2) is 5.57 Å². The van der Waals surface area contributed by atoms with Crippen molar-refractivity contribution in [3.63, 3.8) is 0 Å². The summed E-state index contributed by atoms with van der Waals surface area (Å²) >= 11 is 0. The number of sulfonamides is 1. The summed E-state index contributed by atoms with van der Waals surface area (Å²) in [5, 5.41) is 2.81. The molecule has 0 unspecified atom stereocenters. The maximum Gasteiger partial charge on any atom is 0.350 e. The summed E-state index contributed by atoms with van der Waals surface area (Å²) < 4.78 is 37.5. The Morgan fingerprint density at radius 2 is 1.47 bits per heavy atom. The Balaban J connectivity index is 2.13. The van der Waals surface area contributed by atoms with Crippen molar-refractivity contribution >= 4 is 27.6 Å². The van der Waals surface area contributed by atoms with E-state index < -0.39 is 27.7 Å². The third-order valence-corrected chi connectivity index (χ3v) is 6.43. The normalized spacial score (nSPS) is 16.2. The van der Waals surface area contributed by atoms with Crippen molar-refractivity contribution in [1.82, 2.24) is 4.31 Å². The molecule has 1 fully saturated rings. The Labute approximate surface area is 178 Å². The molecular formula is C21H30N2O6S. The fourth-order valence-corrected chi connectivity index (χ4v) is 4.34. The van der Waals surface area contributed by atoms with Crippen LogP contribution in [-0.2, 0) is 29.1 Å². The number of hydrogen-bond acceptors (Lipinski definition) is 7. The molecule has 1 saturated heterocycles. The quantitative estimate of drug-likeness (QED) is 0.339. The van der Waals surface area contributed by atoms with Crippen LogP contribution in [0.1, 0.15) is 53.4 Å². The Hall–Kier alpha value is -2.39. The predicted octanol–water partition coefficient (Wildman–Crippen LogP) is 3.41. The number of esters is 2. The van der Waals surface area contributed by atoms with Gasteiger partial charge in [-0.2, -0.15) is 4.31 Å². The van der Waals surface area contributed by atoms with Gasteiger partial charge in [0, 0.05) is 38.8 Å². The van der Waals surface area contributed by atoms with Crippen molar-refractivity contribution in [3.8, 4) is 0 Å². The summed E-state index contributed by atoms with van der Waals surface area (Å²) in [7, 11) is -3.59. The molecule has 0 spiro atoms. The van der Waals surface area contributed by atoms with Crippen LogP contribution in [0.5, 0.6) is 0 Å². The minimum absolute atomic E-state index is 0.200. The molecule has 0 radical (unpaired) electrons. The second-order valence-electron chi connectivity index (χ2n) is 7.52. The fourth-order valence-electron chi connectivity index (χ4n) is 2.83. The monoisotopic (exact) mass is 438 g/mol. The average molecular weight is 439 g/mol. The molecule has 1 heterocycles. The minimum Gasteiger partial charge on any atom is -0.419 e. The van der Waals surface area contributed by atoms with Crippen LogP contribution in [0.25, 0.3) is 0 Å². The second-order valence-corrected chi connectivity index (χ2v) is 9.45. The van der Waals surface area contributed by atoms with E-state index in [-0.39, 0.29) is 10.5 Å². The lowest BCUT2D eigenvalue weighted by Crippen LogP contribution is -2.42. The topological polar surface area (TPSA) is 102 Å². The number of benzene rings is 1. The van der Waals surface area contributed by atoms with E-state index in [1.807, 2.05) is 13.8 Å².